The van der Waals surface area contributed by atoms with Gasteiger partial charge in [0.05, 0.1) is 28.6 Å². The third-order valence-corrected chi connectivity index (χ3v) is 8.37. The second-order valence-electron chi connectivity index (χ2n) is 7.80. The topological polar surface area (TPSA) is 110 Å². The summed E-state index contributed by atoms with van der Waals surface area (Å²) in [4.78, 5) is 13.1. The number of amides is 1. The molecule has 186 valence electrons. The molecule has 1 N–H and O–H groups in total. The van der Waals surface area contributed by atoms with Gasteiger partial charge in [0.25, 0.3) is 10.0 Å². The summed E-state index contributed by atoms with van der Waals surface area (Å²) < 4.78 is 56.4. The Morgan fingerprint density at radius 1 is 0.971 bits per heavy atom. The van der Waals surface area contributed by atoms with Crippen LogP contribution in [0, 0.1) is 0 Å². The Morgan fingerprint density at radius 3 is 2.11 bits per heavy atom. The van der Waals surface area contributed by atoms with Crippen LogP contribution >= 0.6 is 11.6 Å². The van der Waals surface area contributed by atoms with Crippen LogP contribution < -0.4 is 14.4 Å². The van der Waals surface area contributed by atoms with E-state index in [1.54, 1.807) is 37.3 Å². The Morgan fingerprint density at radius 2 is 1.57 bits per heavy atom. The van der Waals surface area contributed by atoms with Crippen LogP contribution in [0.15, 0.2) is 82.6 Å². The summed E-state index contributed by atoms with van der Waals surface area (Å²) in [6.07, 6.45) is 1.11. The van der Waals surface area contributed by atoms with Gasteiger partial charge in [0, 0.05) is 11.3 Å². The van der Waals surface area contributed by atoms with Crippen molar-refractivity contribution in [2.24, 2.45) is 0 Å². The maximum Gasteiger partial charge on any atom is 0.264 e. The molecular weight excluding hydrogens is 512 g/mol. The van der Waals surface area contributed by atoms with Crippen molar-refractivity contribution < 1.29 is 26.4 Å². The highest BCUT2D eigenvalue weighted by Gasteiger charge is 2.28. The Kier molecular flexibility index (Phi) is 8.09. The second kappa shape index (κ2) is 10.7. The number of anilines is 1. The van der Waals surface area contributed by atoms with Crippen molar-refractivity contribution in [1.82, 2.24) is 5.32 Å². The zero-order valence-electron chi connectivity index (χ0n) is 19.3. The molecule has 35 heavy (non-hydrogen) atoms. The van der Waals surface area contributed by atoms with Crippen molar-refractivity contribution in [3.05, 3.63) is 83.4 Å². The molecule has 0 spiro atoms. The van der Waals surface area contributed by atoms with Gasteiger partial charge in [-0.25, -0.2) is 16.8 Å². The molecule has 0 fully saturated rings. The molecule has 3 aromatic carbocycles. The van der Waals surface area contributed by atoms with Crippen LogP contribution in [0.3, 0.4) is 0 Å². The minimum atomic E-state index is -4.12. The Balaban J connectivity index is 1.86. The zero-order valence-corrected chi connectivity index (χ0v) is 21.7. The van der Waals surface area contributed by atoms with Crippen molar-refractivity contribution >= 4 is 43.1 Å². The molecule has 0 aliphatic heterocycles. The first-order chi connectivity index (χ1) is 16.4. The van der Waals surface area contributed by atoms with E-state index in [0.29, 0.717) is 16.3 Å². The number of halogens is 1. The van der Waals surface area contributed by atoms with Gasteiger partial charge in [0.1, 0.15) is 12.3 Å². The first kappa shape index (κ1) is 26.5. The van der Waals surface area contributed by atoms with Gasteiger partial charge in [-0.2, -0.15) is 0 Å². The number of ether oxygens (including phenoxy) is 1. The van der Waals surface area contributed by atoms with E-state index >= 15 is 0 Å². The van der Waals surface area contributed by atoms with E-state index in [9.17, 15) is 21.6 Å². The first-order valence-electron chi connectivity index (χ1n) is 10.4. The van der Waals surface area contributed by atoms with Crippen LogP contribution in [-0.2, 0) is 24.7 Å². The standard InChI is InChI=1S/C24H25ClN2O6S2/c1-17(18-7-11-22(12-8-18)34(3,29)30)26-24(28)16-27(20-6-4-5-19(25)15-20)35(31,32)23-13-9-21(33-2)10-14-23/h4-15,17H,16H2,1-3H3,(H,26,28). The lowest BCUT2D eigenvalue weighted by Gasteiger charge is -2.25. The molecule has 0 aliphatic rings. The monoisotopic (exact) mass is 536 g/mol. The lowest BCUT2D eigenvalue weighted by atomic mass is 10.1. The second-order valence-corrected chi connectivity index (χ2v) is 12.1. The predicted molar refractivity (Wildman–Crippen MR) is 135 cm³/mol. The SMILES string of the molecule is COc1ccc(S(=O)(=O)N(CC(=O)NC(C)c2ccc(S(C)(=O)=O)cc2)c2cccc(Cl)c2)cc1. The number of sulfone groups is 1. The average molecular weight is 537 g/mol. The number of carbonyl (C=O) groups excluding carboxylic acids is 1. The Hall–Kier alpha value is -3.08. The van der Waals surface area contributed by atoms with Gasteiger partial charge in [0.2, 0.25) is 5.91 Å². The fourth-order valence-electron chi connectivity index (χ4n) is 3.33. The molecule has 1 amide bonds. The Labute approximate surface area is 210 Å². The van der Waals surface area contributed by atoms with Gasteiger partial charge < -0.3 is 10.1 Å². The number of nitrogens with one attached hydrogen (secondary N) is 1. The van der Waals surface area contributed by atoms with Crippen LogP contribution in [0.1, 0.15) is 18.5 Å². The van der Waals surface area contributed by atoms with Crippen molar-refractivity contribution in [3.8, 4) is 5.75 Å². The summed E-state index contributed by atoms with van der Waals surface area (Å²) in [6.45, 7) is 1.22. The summed E-state index contributed by atoms with van der Waals surface area (Å²) in [5.41, 5.74) is 0.895. The van der Waals surface area contributed by atoms with Crippen LogP contribution in [-0.4, -0.2) is 42.7 Å². The number of sulfonamides is 1. The average Bonchev–Trinajstić information content (AvgIpc) is 2.82. The molecule has 0 heterocycles. The van der Waals surface area contributed by atoms with Gasteiger partial charge in [-0.3, -0.25) is 9.10 Å². The highest BCUT2D eigenvalue weighted by Crippen LogP contribution is 2.27. The summed E-state index contributed by atoms with van der Waals surface area (Å²) in [6, 6.07) is 17.7. The van der Waals surface area contributed by atoms with E-state index in [-0.39, 0.29) is 15.5 Å². The number of carbonyl (C=O) groups is 1. The highest BCUT2D eigenvalue weighted by molar-refractivity contribution is 7.93. The van der Waals surface area contributed by atoms with Crippen LogP contribution in [0.25, 0.3) is 0 Å². The number of hydrogen-bond acceptors (Lipinski definition) is 6. The maximum atomic E-state index is 13.5. The summed E-state index contributed by atoms with van der Waals surface area (Å²) in [7, 11) is -5.99. The summed E-state index contributed by atoms with van der Waals surface area (Å²) in [5.74, 6) is -0.0616. The summed E-state index contributed by atoms with van der Waals surface area (Å²) >= 11 is 6.09. The largest absolute Gasteiger partial charge is 0.497 e. The predicted octanol–water partition coefficient (Wildman–Crippen LogP) is 3.82. The van der Waals surface area contributed by atoms with Crippen LogP contribution in [0.5, 0.6) is 5.75 Å². The number of methoxy groups -OCH3 is 1. The van der Waals surface area contributed by atoms with E-state index < -0.39 is 38.4 Å². The van der Waals surface area contributed by atoms with Gasteiger partial charge >= 0.3 is 0 Å². The smallest absolute Gasteiger partial charge is 0.264 e. The molecular formula is C24H25ClN2O6S2. The molecule has 0 radical (unpaired) electrons. The molecule has 0 bridgehead atoms. The molecule has 3 rings (SSSR count). The molecule has 11 heteroatoms. The van der Waals surface area contributed by atoms with Crippen molar-refractivity contribution in [2.75, 3.05) is 24.2 Å². The lowest BCUT2D eigenvalue weighted by molar-refractivity contribution is -0.120. The van der Waals surface area contributed by atoms with E-state index in [4.69, 9.17) is 16.3 Å². The first-order valence-corrected chi connectivity index (χ1v) is 14.1. The highest BCUT2D eigenvalue weighted by atomic mass is 35.5. The molecule has 0 aliphatic carbocycles. The minimum Gasteiger partial charge on any atom is -0.497 e. The van der Waals surface area contributed by atoms with Gasteiger partial charge in [0.15, 0.2) is 9.84 Å². The van der Waals surface area contributed by atoms with Crippen molar-refractivity contribution in [2.45, 2.75) is 22.8 Å². The third kappa shape index (κ3) is 6.53. The van der Waals surface area contributed by atoms with Gasteiger partial charge in [-0.05, 0) is 67.1 Å². The molecule has 0 saturated heterocycles. The molecule has 1 unspecified atom stereocenters. The normalized spacial score (nSPS) is 12.6. The molecule has 3 aromatic rings. The molecule has 0 aromatic heterocycles. The third-order valence-electron chi connectivity index (χ3n) is 5.22. The van der Waals surface area contributed by atoms with Gasteiger partial charge in [-0.15, -0.1) is 0 Å². The zero-order chi connectivity index (χ0) is 25.8. The molecule has 1 atom stereocenters. The van der Waals surface area contributed by atoms with Crippen LogP contribution in [0.4, 0.5) is 5.69 Å². The van der Waals surface area contributed by atoms with Crippen molar-refractivity contribution in [1.29, 1.82) is 0 Å². The van der Waals surface area contributed by atoms with Crippen LogP contribution in [0.2, 0.25) is 5.02 Å². The quantitative estimate of drug-likeness (QED) is 0.445. The molecule has 8 nitrogen and oxygen atoms in total. The van der Waals surface area contributed by atoms with E-state index in [0.717, 1.165) is 10.6 Å². The molecule has 0 saturated carbocycles. The summed E-state index contributed by atoms with van der Waals surface area (Å²) in [5, 5.41) is 3.08. The fourth-order valence-corrected chi connectivity index (χ4v) is 5.55. The van der Waals surface area contributed by atoms with Gasteiger partial charge in [-0.1, -0.05) is 29.8 Å². The van der Waals surface area contributed by atoms with Crippen molar-refractivity contribution in [3.63, 3.8) is 0 Å². The number of rotatable bonds is 9. The van der Waals surface area contributed by atoms with E-state index in [1.165, 1.54) is 49.6 Å². The number of hydrogen-bond donors (Lipinski definition) is 1. The number of nitrogens with zero attached hydrogens (tertiary/aromatic N) is 1. The van der Waals surface area contributed by atoms with E-state index in [2.05, 4.69) is 5.32 Å². The fraction of sp³-hybridized carbons (Fsp3) is 0.208. The van der Waals surface area contributed by atoms with E-state index in [1.807, 2.05) is 0 Å². The maximum absolute atomic E-state index is 13.5. The number of benzene rings is 3. The lowest BCUT2D eigenvalue weighted by Crippen LogP contribution is -2.41. The Bertz CT molecular complexity index is 1410. The minimum absolute atomic E-state index is 0.0181.